The van der Waals surface area contributed by atoms with E-state index in [0.29, 0.717) is 0 Å². The summed E-state index contributed by atoms with van der Waals surface area (Å²) in [4.78, 5) is 2.55. The Balaban J connectivity index is 2.09. The summed E-state index contributed by atoms with van der Waals surface area (Å²) in [7, 11) is 1.97. The van der Waals surface area contributed by atoms with E-state index in [2.05, 4.69) is 29.8 Å². The fourth-order valence-corrected chi connectivity index (χ4v) is 4.27. The van der Waals surface area contributed by atoms with Crippen LogP contribution in [0.5, 0.6) is 0 Å². The van der Waals surface area contributed by atoms with E-state index >= 15 is 0 Å². The Kier molecular flexibility index (Phi) is 3.39. The van der Waals surface area contributed by atoms with E-state index in [-0.39, 0.29) is 11.9 Å². The van der Waals surface area contributed by atoms with Gasteiger partial charge in [-0.1, -0.05) is 6.07 Å². The number of aryl methyl sites for hydroxylation is 1. The van der Waals surface area contributed by atoms with Crippen LogP contribution in [0.4, 0.5) is 4.39 Å². The lowest BCUT2D eigenvalue weighted by atomic mass is 10.1. The summed E-state index contributed by atoms with van der Waals surface area (Å²) in [6.07, 6.45) is 0. The highest BCUT2D eigenvalue weighted by Gasteiger charge is 2.17. The number of thiophene rings is 2. The lowest BCUT2D eigenvalue weighted by molar-refractivity contribution is 0.630. The van der Waals surface area contributed by atoms with Crippen molar-refractivity contribution < 1.29 is 4.39 Å². The van der Waals surface area contributed by atoms with Crippen LogP contribution in [0.3, 0.4) is 0 Å². The molecule has 3 rings (SSSR count). The molecule has 1 nitrogen and oxygen atoms in total. The number of benzene rings is 1. The summed E-state index contributed by atoms with van der Waals surface area (Å²) < 4.78 is 14.3. The van der Waals surface area contributed by atoms with Gasteiger partial charge < -0.3 is 5.32 Å². The maximum absolute atomic E-state index is 13.3. The van der Waals surface area contributed by atoms with Crippen LogP contribution in [0.1, 0.15) is 21.4 Å². The average molecular weight is 291 g/mol. The maximum atomic E-state index is 13.3. The third-order valence-electron chi connectivity index (χ3n) is 3.28. The van der Waals surface area contributed by atoms with Crippen molar-refractivity contribution in [2.24, 2.45) is 0 Å². The van der Waals surface area contributed by atoms with Crippen LogP contribution < -0.4 is 5.32 Å². The third kappa shape index (κ3) is 2.31. The molecule has 2 heterocycles. The van der Waals surface area contributed by atoms with Crippen molar-refractivity contribution in [3.05, 3.63) is 56.8 Å². The fraction of sp³-hybridized carbons (Fsp3) is 0.200. The number of nitrogens with one attached hydrogen (secondary N) is 1. The first kappa shape index (κ1) is 12.8. The summed E-state index contributed by atoms with van der Waals surface area (Å²) in [6.45, 7) is 2.14. The smallest absolute Gasteiger partial charge is 0.124 e. The normalized spacial score (nSPS) is 13.0. The molecule has 1 unspecified atom stereocenters. The Morgan fingerprint density at radius 2 is 2.05 bits per heavy atom. The summed E-state index contributed by atoms with van der Waals surface area (Å²) in [5.74, 6) is -0.173. The van der Waals surface area contributed by atoms with E-state index < -0.39 is 0 Å². The number of halogens is 1. The zero-order valence-electron chi connectivity index (χ0n) is 10.7. The minimum Gasteiger partial charge on any atom is -0.309 e. The van der Waals surface area contributed by atoms with Gasteiger partial charge in [0.1, 0.15) is 5.82 Å². The Bertz CT molecular complexity index is 714. The molecule has 2 aromatic heterocycles. The topological polar surface area (TPSA) is 12.0 Å². The molecular formula is C15H14FNS2. The number of rotatable bonds is 3. The highest BCUT2D eigenvalue weighted by molar-refractivity contribution is 7.19. The monoisotopic (exact) mass is 291 g/mol. The molecule has 19 heavy (non-hydrogen) atoms. The van der Waals surface area contributed by atoms with E-state index in [0.717, 1.165) is 10.1 Å². The zero-order chi connectivity index (χ0) is 13.4. The van der Waals surface area contributed by atoms with Crippen molar-refractivity contribution in [1.29, 1.82) is 0 Å². The maximum Gasteiger partial charge on any atom is 0.124 e. The first-order valence-electron chi connectivity index (χ1n) is 6.09. The van der Waals surface area contributed by atoms with Crippen LogP contribution in [-0.4, -0.2) is 7.05 Å². The SMILES string of the molecule is CNC(c1cc2ccc(F)cc2s1)c1ccsc1C. The van der Waals surface area contributed by atoms with Crippen LogP contribution in [-0.2, 0) is 0 Å². The highest BCUT2D eigenvalue weighted by Crippen LogP contribution is 2.35. The minimum atomic E-state index is -0.173. The van der Waals surface area contributed by atoms with E-state index in [9.17, 15) is 4.39 Å². The lowest BCUT2D eigenvalue weighted by Gasteiger charge is -2.14. The van der Waals surface area contributed by atoms with Gasteiger partial charge in [0.2, 0.25) is 0 Å². The average Bonchev–Trinajstić information content (AvgIpc) is 2.97. The molecule has 1 N–H and O–H groups in total. The molecule has 0 saturated carbocycles. The second-order valence-electron chi connectivity index (χ2n) is 4.48. The molecule has 0 bridgehead atoms. The van der Waals surface area contributed by atoms with Crippen LogP contribution in [0, 0.1) is 12.7 Å². The van der Waals surface area contributed by atoms with Crippen molar-refractivity contribution >= 4 is 32.8 Å². The molecule has 98 valence electrons. The number of hydrogen-bond acceptors (Lipinski definition) is 3. The van der Waals surface area contributed by atoms with Gasteiger partial charge in [-0.2, -0.15) is 0 Å². The number of fused-ring (bicyclic) bond motifs is 1. The molecule has 0 spiro atoms. The van der Waals surface area contributed by atoms with E-state index in [1.807, 2.05) is 13.1 Å². The molecule has 1 atom stereocenters. The van der Waals surface area contributed by atoms with Crippen molar-refractivity contribution in [2.45, 2.75) is 13.0 Å². The van der Waals surface area contributed by atoms with E-state index in [1.54, 1.807) is 28.7 Å². The second-order valence-corrected chi connectivity index (χ2v) is 6.72. The van der Waals surface area contributed by atoms with Crippen LogP contribution in [0.2, 0.25) is 0 Å². The molecule has 4 heteroatoms. The van der Waals surface area contributed by atoms with E-state index in [4.69, 9.17) is 0 Å². The van der Waals surface area contributed by atoms with Crippen molar-refractivity contribution in [3.63, 3.8) is 0 Å². The molecule has 3 aromatic rings. The molecule has 0 fully saturated rings. The molecule has 0 aliphatic rings. The Labute approximate surface area is 119 Å². The standard InChI is InChI=1S/C15H14FNS2/c1-9-12(5-6-18-9)15(17-2)14-7-10-3-4-11(16)8-13(10)19-14/h3-8,15,17H,1-2H3. The minimum absolute atomic E-state index is 0.173. The first-order chi connectivity index (χ1) is 9.19. The Morgan fingerprint density at radius 1 is 1.21 bits per heavy atom. The molecule has 0 aliphatic heterocycles. The summed E-state index contributed by atoms with van der Waals surface area (Å²) in [5.41, 5.74) is 1.31. The van der Waals surface area contributed by atoms with Gasteiger partial charge in [0.15, 0.2) is 0 Å². The molecule has 0 saturated heterocycles. The van der Waals surface area contributed by atoms with Gasteiger partial charge in [-0.3, -0.25) is 0 Å². The fourth-order valence-electron chi connectivity index (χ4n) is 2.31. The van der Waals surface area contributed by atoms with Crippen molar-refractivity contribution in [2.75, 3.05) is 7.05 Å². The van der Waals surface area contributed by atoms with Crippen LogP contribution in [0.15, 0.2) is 35.7 Å². The van der Waals surface area contributed by atoms with Crippen LogP contribution in [0.25, 0.3) is 10.1 Å². The van der Waals surface area contributed by atoms with Crippen LogP contribution >= 0.6 is 22.7 Å². The molecule has 0 amide bonds. The summed E-state index contributed by atoms with van der Waals surface area (Å²) in [6, 6.07) is 9.47. The van der Waals surface area contributed by atoms with Gasteiger partial charge >= 0.3 is 0 Å². The van der Waals surface area contributed by atoms with Gasteiger partial charge in [0.25, 0.3) is 0 Å². The number of hydrogen-bond donors (Lipinski definition) is 1. The van der Waals surface area contributed by atoms with Gasteiger partial charge in [-0.05, 0) is 54.6 Å². The third-order valence-corrected chi connectivity index (χ3v) is 5.31. The lowest BCUT2D eigenvalue weighted by Crippen LogP contribution is -2.16. The Hall–Kier alpha value is -1.23. The molecule has 0 radical (unpaired) electrons. The van der Waals surface area contributed by atoms with Gasteiger partial charge in [0, 0.05) is 14.5 Å². The van der Waals surface area contributed by atoms with Gasteiger partial charge in [0.05, 0.1) is 6.04 Å². The van der Waals surface area contributed by atoms with Gasteiger partial charge in [-0.25, -0.2) is 4.39 Å². The summed E-state index contributed by atoms with van der Waals surface area (Å²) >= 11 is 3.41. The van der Waals surface area contributed by atoms with Crippen molar-refractivity contribution in [3.8, 4) is 0 Å². The summed E-state index contributed by atoms with van der Waals surface area (Å²) in [5, 5.41) is 6.58. The quantitative estimate of drug-likeness (QED) is 0.736. The second kappa shape index (κ2) is 5.04. The van der Waals surface area contributed by atoms with Gasteiger partial charge in [-0.15, -0.1) is 22.7 Å². The Morgan fingerprint density at radius 3 is 2.74 bits per heavy atom. The largest absolute Gasteiger partial charge is 0.309 e. The first-order valence-corrected chi connectivity index (χ1v) is 7.79. The molecule has 1 aromatic carbocycles. The zero-order valence-corrected chi connectivity index (χ0v) is 12.4. The molecular weight excluding hydrogens is 277 g/mol. The molecule has 0 aliphatic carbocycles. The predicted octanol–water partition coefficient (Wildman–Crippen LogP) is 4.72. The van der Waals surface area contributed by atoms with Crippen molar-refractivity contribution in [1.82, 2.24) is 5.32 Å². The van der Waals surface area contributed by atoms with E-state index in [1.165, 1.54) is 21.4 Å². The highest BCUT2D eigenvalue weighted by atomic mass is 32.1. The predicted molar refractivity (Wildman–Crippen MR) is 81.7 cm³/mol.